The maximum absolute atomic E-state index is 12.7. The van der Waals surface area contributed by atoms with Gasteiger partial charge in [0.1, 0.15) is 17.7 Å². The van der Waals surface area contributed by atoms with Crippen molar-refractivity contribution in [2.75, 3.05) is 11.9 Å². The van der Waals surface area contributed by atoms with Gasteiger partial charge >= 0.3 is 0 Å². The Kier molecular flexibility index (Phi) is 7.35. The molecule has 0 bridgehead atoms. The molecular formula is C26H31N7O3. The van der Waals surface area contributed by atoms with E-state index in [1.165, 1.54) is 5.01 Å². The van der Waals surface area contributed by atoms with Crippen LogP contribution in [-0.4, -0.2) is 51.4 Å². The number of pyridine rings is 1. The van der Waals surface area contributed by atoms with E-state index in [-0.39, 0.29) is 23.6 Å². The van der Waals surface area contributed by atoms with Crippen LogP contribution < -0.4 is 22.2 Å². The van der Waals surface area contributed by atoms with Gasteiger partial charge in [-0.15, -0.1) is 0 Å². The van der Waals surface area contributed by atoms with Crippen LogP contribution in [0.1, 0.15) is 47.7 Å². The van der Waals surface area contributed by atoms with E-state index < -0.39 is 12.1 Å². The van der Waals surface area contributed by atoms with E-state index in [0.717, 1.165) is 24.8 Å². The SMILES string of the molecule is CC/C=C/C(=O)N1CCCC1C1NC(c2ccc(C(=O)Nc3ccc(C)cn3)cc2)=C(C(N)=O)N1N. The van der Waals surface area contributed by atoms with Crippen molar-refractivity contribution in [3.63, 3.8) is 0 Å². The lowest BCUT2D eigenvalue weighted by Gasteiger charge is -2.33. The number of allylic oxidation sites excluding steroid dienone is 1. The van der Waals surface area contributed by atoms with Crippen LogP contribution in [0, 0.1) is 6.92 Å². The van der Waals surface area contributed by atoms with Gasteiger partial charge in [0.15, 0.2) is 0 Å². The van der Waals surface area contributed by atoms with Gasteiger partial charge in [-0.25, -0.2) is 10.8 Å². The maximum atomic E-state index is 12.7. The normalized spacial score (nSPS) is 19.6. The summed E-state index contributed by atoms with van der Waals surface area (Å²) >= 11 is 0. The number of benzene rings is 1. The van der Waals surface area contributed by atoms with Gasteiger partial charge in [0.2, 0.25) is 5.91 Å². The van der Waals surface area contributed by atoms with Crippen LogP contribution in [-0.2, 0) is 9.59 Å². The van der Waals surface area contributed by atoms with Crippen LogP contribution in [0.15, 0.2) is 60.4 Å². The molecule has 10 heteroatoms. The molecule has 2 atom stereocenters. The Labute approximate surface area is 210 Å². The first-order valence-electron chi connectivity index (χ1n) is 12.0. The Bertz CT molecular complexity index is 1210. The molecule has 0 spiro atoms. The Morgan fingerprint density at radius 3 is 2.58 bits per heavy atom. The number of aryl methyl sites for hydroxylation is 1. The van der Waals surface area contributed by atoms with Crippen LogP contribution in [0.2, 0.25) is 0 Å². The summed E-state index contributed by atoms with van der Waals surface area (Å²) in [5.41, 5.74) is 8.35. The first-order valence-corrected chi connectivity index (χ1v) is 12.0. The topological polar surface area (TPSA) is 147 Å². The Morgan fingerprint density at radius 1 is 1.19 bits per heavy atom. The number of anilines is 1. The van der Waals surface area contributed by atoms with Crippen molar-refractivity contribution in [2.24, 2.45) is 11.6 Å². The molecule has 2 aromatic rings. The predicted molar refractivity (Wildman–Crippen MR) is 137 cm³/mol. The number of hydrazine groups is 1. The lowest BCUT2D eigenvalue weighted by atomic mass is 10.1. The zero-order valence-corrected chi connectivity index (χ0v) is 20.4. The highest BCUT2D eigenvalue weighted by molar-refractivity contribution is 6.04. The summed E-state index contributed by atoms with van der Waals surface area (Å²) in [5.74, 6) is 5.74. The summed E-state index contributed by atoms with van der Waals surface area (Å²) in [4.78, 5) is 43.7. The third kappa shape index (κ3) is 5.08. The van der Waals surface area contributed by atoms with Gasteiger partial charge in [-0.2, -0.15) is 0 Å². The number of nitrogens with zero attached hydrogens (tertiary/aromatic N) is 3. The summed E-state index contributed by atoms with van der Waals surface area (Å²) in [7, 11) is 0. The number of nitrogens with one attached hydrogen (secondary N) is 2. The van der Waals surface area contributed by atoms with Crippen molar-refractivity contribution in [1.82, 2.24) is 20.2 Å². The molecule has 1 fully saturated rings. The molecule has 36 heavy (non-hydrogen) atoms. The minimum absolute atomic E-state index is 0.0814. The summed E-state index contributed by atoms with van der Waals surface area (Å²) in [6, 6.07) is 10.1. The van der Waals surface area contributed by atoms with E-state index in [4.69, 9.17) is 11.6 Å². The minimum atomic E-state index is -0.684. The van der Waals surface area contributed by atoms with Crippen LogP contribution in [0.5, 0.6) is 0 Å². The van der Waals surface area contributed by atoms with Crippen LogP contribution in [0.25, 0.3) is 5.70 Å². The molecule has 2 aliphatic rings. The largest absolute Gasteiger partial charge is 0.364 e. The molecule has 0 aliphatic carbocycles. The standard InChI is InChI=1S/C26H31N7O3/c1-3-4-7-21(34)32-14-5-6-19(32)25-31-22(23(24(27)35)33(25)28)17-9-11-18(12-10-17)26(36)30-20-13-8-16(2)15-29-20/h4,7-13,15,19,25,31H,3,5-6,14,28H2,1-2H3,(H2,27,35)(H,29,30,36)/b7-4+. The second kappa shape index (κ2) is 10.6. The zero-order valence-electron chi connectivity index (χ0n) is 20.4. The Hall–Kier alpha value is -4.18. The monoisotopic (exact) mass is 489 g/mol. The molecule has 1 aromatic carbocycles. The second-order valence-corrected chi connectivity index (χ2v) is 8.89. The van der Waals surface area contributed by atoms with Gasteiger partial charge in [-0.3, -0.25) is 19.4 Å². The highest BCUT2D eigenvalue weighted by Crippen LogP contribution is 2.31. The van der Waals surface area contributed by atoms with E-state index in [9.17, 15) is 14.4 Å². The Morgan fingerprint density at radius 2 is 1.94 bits per heavy atom. The average molecular weight is 490 g/mol. The molecule has 6 N–H and O–H groups in total. The van der Waals surface area contributed by atoms with Crippen molar-refractivity contribution < 1.29 is 14.4 Å². The fourth-order valence-corrected chi connectivity index (χ4v) is 4.53. The molecule has 2 aliphatic heterocycles. The average Bonchev–Trinajstić information content (AvgIpc) is 3.48. The van der Waals surface area contributed by atoms with Crippen LogP contribution >= 0.6 is 0 Å². The van der Waals surface area contributed by atoms with Crippen molar-refractivity contribution in [1.29, 1.82) is 0 Å². The molecule has 1 aromatic heterocycles. The quantitative estimate of drug-likeness (QED) is 0.343. The van der Waals surface area contributed by atoms with E-state index in [0.29, 0.717) is 29.2 Å². The smallest absolute Gasteiger partial charge is 0.268 e. The highest BCUT2D eigenvalue weighted by atomic mass is 16.2. The fraction of sp³-hybridized carbons (Fsp3) is 0.308. The number of hydrogen-bond donors (Lipinski definition) is 4. The molecule has 10 nitrogen and oxygen atoms in total. The summed E-state index contributed by atoms with van der Waals surface area (Å²) in [6.07, 6.45) is 6.91. The summed E-state index contributed by atoms with van der Waals surface area (Å²) in [6.45, 7) is 4.50. The number of carbonyl (C=O) groups excluding carboxylic acids is 3. The van der Waals surface area contributed by atoms with Gasteiger partial charge in [0.05, 0.1) is 11.7 Å². The number of carbonyl (C=O) groups is 3. The minimum Gasteiger partial charge on any atom is -0.364 e. The number of aromatic nitrogens is 1. The molecule has 188 valence electrons. The van der Waals surface area contributed by atoms with Gasteiger partial charge in [-0.1, -0.05) is 31.2 Å². The molecule has 3 heterocycles. The number of hydrogen-bond acceptors (Lipinski definition) is 7. The van der Waals surface area contributed by atoms with Gasteiger partial charge in [-0.05, 0) is 56.0 Å². The van der Waals surface area contributed by atoms with Crippen molar-refractivity contribution >= 4 is 29.2 Å². The third-order valence-corrected chi connectivity index (χ3v) is 6.35. The lowest BCUT2D eigenvalue weighted by Crippen LogP contribution is -2.56. The molecule has 1 saturated heterocycles. The van der Waals surface area contributed by atoms with Gasteiger partial charge in [0, 0.05) is 23.9 Å². The predicted octanol–water partition coefficient (Wildman–Crippen LogP) is 1.86. The second-order valence-electron chi connectivity index (χ2n) is 8.89. The zero-order chi connectivity index (χ0) is 25.8. The lowest BCUT2D eigenvalue weighted by molar-refractivity contribution is -0.128. The number of amides is 3. The molecule has 3 amide bonds. The maximum Gasteiger partial charge on any atom is 0.268 e. The molecule has 0 radical (unpaired) electrons. The number of rotatable bonds is 7. The summed E-state index contributed by atoms with van der Waals surface area (Å²) < 4.78 is 0. The number of nitrogens with two attached hydrogens (primary N) is 2. The van der Waals surface area contributed by atoms with Crippen molar-refractivity contribution in [3.8, 4) is 0 Å². The van der Waals surface area contributed by atoms with Crippen molar-refractivity contribution in [3.05, 3.63) is 77.1 Å². The molecule has 2 unspecified atom stereocenters. The summed E-state index contributed by atoms with van der Waals surface area (Å²) in [5, 5.41) is 7.40. The first kappa shape index (κ1) is 24.9. The van der Waals surface area contributed by atoms with E-state index in [2.05, 4.69) is 15.6 Å². The van der Waals surface area contributed by atoms with Crippen LogP contribution in [0.3, 0.4) is 0 Å². The molecule has 4 rings (SSSR count). The van der Waals surface area contributed by atoms with Gasteiger partial charge < -0.3 is 21.3 Å². The van der Waals surface area contributed by atoms with E-state index in [1.807, 2.05) is 26.0 Å². The highest BCUT2D eigenvalue weighted by Gasteiger charge is 2.43. The van der Waals surface area contributed by atoms with Gasteiger partial charge in [0.25, 0.3) is 11.8 Å². The van der Waals surface area contributed by atoms with E-state index >= 15 is 0 Å². The third-order valence-electron chi connectivity index (χ3n) is 6.35. The van der Waals surface area contributed by atoms with Crippen molar-refractivity contribution in [2.45, 2.75) is 45.3 Å². The van der Waals surface area contributed by atoms with Crippen LogP contribution in [0.4, 0.5) is 5.82 Å². The molecule has 0 saturated carbocycles. The number of primary amides is 1. The fourth-order valence-electron chi connectivity index (χ4n) is 4.53. The molecular weight excluding hydrogens is 458 g/mol. The first-order chi connectivity index (χ1) is 17.3. The number of likely N-dealkylation sites (tertiary alicyclic amines) is 1. The van der Waals surface area contributed by atoms with E-state index in [1.54, 1.807) is 47.5 Å². The Balaban J connectivity index is 1.53.